The normalized spacial score (nSPS) is 12.5. The zero-order valence-corrected chi connectivity index (χ0v) is 13.9. The van der Waals surface area contributed by atoms with E-state index in [0.717, 1.165) is 0 Å². The van der Waals surface area contributed by atoms with Crippen LogP contribution in [0.25, 0.3) is 0 Å². The van der Waals surface area contributed by atoms with Crippen LogP contribution in [0.5, 0.6) is 0 Å². The number of hydrogen-bond acceptors (Lipinski definition) is 0. The van der Waals surface area contributed by atoms with E-state index in [2.05, 4.69) is 31.9 Å². The Balaban J connectivity index is 2.49. The van der Waals surface area contributed by atoms with E-state index in [9.17, 15) is 8.78 Å². The van der Waals surface area contributed by atoms with Gasteiger partial charge in [0.05, 0.1) is 9.85 Å². The second-order valence-corrected chi connectivity index (χ2v) is 6.43. The number of hydrogen-bond donors (Lipinski definition) is 0. The monoisotopic (exact) mass is 428 g/mol. The van der Waals surface area contributed by atoms with Gasteiger partial charge in [0.2, 0.25) is 0 Å². The first kappa shape index (κ1) is 15.2. The maximum Gasteiger partial charge on any atom is 0.129 e. The Morgan fingerprint density at radius 1 is 0.947 bits per heavy atom. The van der Waals surface area contributed by atoms with Gasteiger partial charge in [-0.15, -0.1) is 0 Å². The lowest BCUT2D eigenvalue weighted by Crippen LogP contribution is -2.00. The van der Waals surface area contributed by atoms with Gasteiger partial charge in [-0.2, -0.15) is 0 Å². The minimum Gasteiger partial charge on any atom is -0.207 e. The van der Waals surface area contributed by atoms with Gasteiger partial charge in [-0.1, -0.05) is 45.2 Å². The molecule has 0 nitrogen and oxygen atoms in total. The van der Waals surface area contributed by atoms with Crippen LogP contribution < -0.4 is 0 Å². The van der Waals surface area contributed by atoms with Crippen LogP contribution in [0.15, 0.2) is 34.8 Å². The van der Waals surface area contributed by atoms with E-state index in [1.807, 2.05) is 0 Å². The summed E-state index contributed by atoms with van der Waals surface area (Å²) in [7, 11) is 0. The van der Waals surface area contributed by atoms with E-state index < -0.39 is 16.5 Å². The summed E-state index contributed by atoms with van der Waals surface area (Å²) in [6.07, 6.45) is 0. The Morgan fingerprint density at radius 2 is 1.58 bits per heavy atom. The Labute approximate surface area is 136 Å². The van der Waals surface area contributed by atoms with E-state index >= 15 is 0 Å². The smallest absolute Gasteiger partial charge is 0.129 e. The van der Waals surface area contributed by atoms with Crippen molar-refractivity contribution in [2.75, 3.05) is 0 Å². The summed E-state index contributed by atoms with van der Waals surface area (Å²) in [5.41, 5.74) is 0.552. The molecule has 0 saturated heterocycles. The molecule has 0 N–H and O–H groups in total. The molecule has 0 aliphatic heterocycles. The molecule has 100 valence electrons. The molecule has 2 aromatic rings. The van der Waals surface area contributed by atoms with E-state index in [-0.39, 0.29) is 10.6 Å². The van der Waals surface area contributed by atoms with Gasteiger partial charge < -0.3 is 0 Å². The van der Waals surface area contributed by atoms with Crippen LogP contribution in [-0.4, -0.2) is 0 Å². The number of rotatable bonds is 2. The van der Waals surface area contributed by atoms with Gasteiger partial charge in [-0.3, -0.25) is 0 Å². The molecule has 0 aliphatic carbocycles. The molecule has 6 heteroatoms. The van der Waals surface area contributed by atoms with Crippen molar-refractivity contribution in [1.29, 1.82) is 0 Å². The topological polar surface area (TPSA) is 0 Å². The molecule has 1 atom stereocenters. The fourth-order valence-corrected chi connectivity index (χ4v) is 2.98. The second kappa shape index (κ2) is 6.08. The van der Waals surface area contributed by atoms with E-state index in [0.29, 0.717) is 15.1 Å². The van der Waals surface area contributed by atoms with Crippen molar-refractivity contribution in [2.45, 2.75) is 4.83 Å². The van der Waals surface area contributed by atoms with Gasteiger partial charge in [0.25, 0.3) is 0 Å². The molecule has 0 amide bonds. The molecule has 0 heterocycles. The zero-order chi connectivity index (χ0) is 14.2. The van der Waals surface area contributed by atoms with E-state index in [4.69, 9.17) is 23.2 Å². The van der Waals surface area contributed by atoms with E-state index in [1.54, 1.807) is 6.07 Å². The van der Waals surface area contributed by atoms with Crippen LogP contribution in [0.3, 0.4) is 0 Å². The number of halogens is 6. The van der Waals surface area contributed by atoms with Gasteiger partial charge >= 0.3 is 0 Å². The molecule has 2 aromatic carbocycles. The predicted octanol–water partition coefficient (Wildman–Crippen LogP) is 6.52. The van der Waals surface area contributed by atoms with Crippen molar-refractivity contribution in [3.8, 4) is 0 Å². The second-order valence-electron chi connectivity index (χ2n) is 3.82. The Morgan fingerprint density at radius 3 is 2.21 bits per heavy atom. The summed E-state index contributed by atoms with van der Waals surface area (Å²) in [5, 5.41) is 0.644. The van der Waals surface area contributed by atoms with E-state index in [1.165, 1.54) is 24.3 Å². The highest BCUT2D eigenvalue weighted by atomic mass is 79.9. The van der Waals surface area contributed by atoms with Crippen molar-refractivity contribution in [3.05, 3.63) is 67.6 Å². The fourth-order valence-electron chi connectivity index (χ4n) is 1.61. The standard InChI is InChI=1S/C13H6Br2Cl2F2/c14-9-5-12(19)8(4-10(9)17)13(15)7-2-1-6(16)3-11(7)18/h1-5,13H. The highest BCUT2D eigenvalue weighted by Gasteiger charge is 2.20. The average molecular weight is 431 g/mol. The first-order valence-electron chi connectivity index (χ1n) is 5.13. The van der Waals surface area contributed by atoms with Gasteiger partial charge in [0.1, 0.15) is 11.6 Å². The predicted molar refractivity (Wildman–Crippen MR) is 81.3 cm³/mol. The van der Waals surface area contributed by atoms with Crippen LogP contribution in [-0.2, 0) is 0 Å². The molecule has 0 aromatic heterocycles. The molecule has 0 saturated carbocycles. The fraction of sp³-hybridized carbons (Fsp3) is 0.0769. The van der Waals surface area contributed by atoms with Crippen molar-refractivity contribution in [2.24, 2.45) is 0 Å². The van der Waals surface area contributed by atoms with Crippen molar-refractivity contribution in [1.82, 2.24) is 0 Å². The molecule has 0 spiro atoms. The Bertz CT molecular complexity index is 632. The summed E-state index contributed by atoms with van der Waals surface area (Å²) in [6.45, 7) is 0. The summed E-state index contributed by atoms with van der Waals surface area (Å²) < 4.78 is 28.2. The molecule has 0 radical (unpaired) electrons. The Hall–Kier alpha value is -0.160. The molecule has 0 aliphatic rings. The lowest BCUT2D eigenvalue weighted by atomic mass is 10.0. The molecular weight excluding hydrogens is 425 g/mol. The van der Waals surface area contributed by atoms with Crippen LogP contribution in [0.4, 0.5) is 8.78 Å². The summed E-state index contributed by atoms with van der Waals surface area (Å²) in [5.74, 6) is -0.986. The highest BCUT2D eigenvalue weighted by molar-refractivity contribution is 9.10. The summed E-state index contributed by atoms with van der Waals surface area (Å²) >= 11 is 18.0. The zero-order valence-electron chi connectivity index (χ0n) is 9.23. The van der Waals surface area contributed by atoms with Gasteiger partial charge in [0.15, 0.2) is 0 Å². The van der Waals surface area contributed by atoms with Crippen molar-refractivity contribution < 1.29 is 8.78 Å². The Kier molecular flexibility index (Phi) is 4.88. The average Bonchev–Trinajstić information content (AvgIpc) is 2.33. The first-order valence-corrected chi connectivity index (χ1v) is 7.60. The molecule has 0 fully saturated rings. The maximum absolute atomic E-state index is 13.9. The van der Waals surface area contributed by atoms with Crippen molar-refractivity contribution >= 4 is 55.1 Å². The number of alkyl halides is 1. The largest absolute Gasteiger partial charge is 0.207 e. The highest BCUT2D eigenvalue weighted by Crippen LogP contribution is 2.37. The van der Waals surface area contributed by atoms with Gasteiger partial charge in [0, 0.05) is 20.6 Å². The third kappa shape index (κ3) is 3.30. The van der Waals surface area contributed by atoms with Crippen LogP contribution in [0, 0.1) is 11.6 Å². The quantitative estimate of drug-likeness (QED) is 0.376. The molecule has 0 bridgehead atoms. The SMILES string of the molecule is Fc1cc(Cl)ccc1C(Br)c1cc(Cl)c(Br)cc1F. The van der Waals surface area contributed by atoms with Crippen LogP contribution in [0.1, 0.15) is 16.0 Å². The minimum atomic E-state index is -0.643. The van der Waals surface area contributed by atoms with Crippen molar-refractivity contribution in [3.63, 3.8) is 0 Å². The summed E-state index contributed by atoms with van der Waals surface area (Å²) in [4.78, 5) is -0.643. The van der Waals surface area contributed by atoms with Gasteiger partial charge in [-0.25, -0.2) is 8.78 Å². The lowest BCUT2D eigenvalue weighted by Gasteiger charge is -2.14. The number of benzene rings is 2. The van der Waals surface area contributed by atoms with Gasteiger partial charge in [-0.05, 0) is 40.2 Å². The molecule has 1 unspecified atom stereocenters. The lowest BCUT2D eigenvalue weighted by molar-refractivity contribution is 0.598. The molecular formula is C13H6Br2Cl2F2. The van der Waals surface area contributed by atoms with Crippen LogP contribution in [0.2, 0.25) is 10.0 Å². The third-order valence-corrected chi connectivity index (χ3v) is 4.97. The molecule has 19 heavy (non-hydrogen) atoms. The first-order chi connectivity index (χ1) is 8.90. The summed E-state index contributed by atoms with van der Waals surface area (Å²) in [6, 6.07) is 6.94. The maximum atomic E-state index is 13.9. The van der Waals surface area contributed by atoms with Crippen LogP contribution >= 0.6 is 55.1 Å². The third-order valence-electron chi connectivity index (χ3n) is 2.55. The molecule has 2 rings (SSSR count). The minimum absolute atomic E-state index is 0.259.